The number of nitriles is 2. The zero-order valence-corrected chi connectivity index (χ0v) is 7.36. The van der Waals surface area contributed by atoms with Crippen molar-refractivity contribution in [3.8, 4) is 23.3 Å². The van der Waals surface area contributed by atoms with Crippen molar-refractivity contribution < 1.29 is 0 Å². The van der Waals surface area contributed by atoms with Gasteiger partial charge in [0.1, 0.15) is 12.1 Å². The molecule has 0 aromatic carbocycles. The number of fused-ring (bicyclic) bond motifs is 1. The van der Waals surface area contributed by atoms with Crippen LogP contribution in [0.4, 0.5) is 0 Å². The Labute approximate surface area is 82.0 Å². The van der Waals surface area contributed by atoms with Crippen LogP contribution < -0.4 is 0 Å². The predicted octanol–water partition coefficient (Wildman–Crippen LogP) is 2.53. The minimum Gasteiger partial charge on any atom is -0.192 e. The summed E-state index contributed by atoms with van der Waals surface area (Å²) < 4.78 is 0. The molecule has 0 N–H and O–H groups in total. The van der Waals surface area contributed by atoms with Crippen molar-refractivity contribution in [3.63, 3.8) is 0 Å². The average Bonchev–Trinajstić information content (AvgIpc) is 2.59. The molecular weight excluding hydrogens is 172 g/mol. The van der Waals surface area contributed by atoms with Gasteiger partial charge in [0.25, 0.3) is 0 Å². The van der Waals surface area contributed by atoms with E-state index >= 15 is 0 Å². The molecule has 2 rings (SSSR count). The molecule has 2 aliphatic carbocycles. The maximum Gasteiger partial charge on any atom is 0.101 e. The Balaban J connectivity index is 2.88. The summed E-state index contributed by atoms with van der Waals surface area (Å²) in [5.74, 6) is 0. The molecule has 0 fully saturated rings. The van der Waals surface area contributed by atoms with E-state index in [0.717, 1.165) is 11.1 Å². The Hall–Kier alpha value is -2.32. The van der Waals surface area contributed by atoms with Crippen molar-refractivity contribution in [2.45, 2.75) is 0 Å². The summed E-state index contributed by atoms with van der Waals surface area (Å²) in [5, 5.41) is 17.8. The smallest absolute Gasteiger partial charge is 0.101 e. The van der Waals surface area contributed by atoms with Crippen molar-refractivity contribution >= 4 is 0 Å². The summed E-state index contributed by atoms with van der Waals surface area (Å²) >= 11 is 0. The minimum atomic E-state index is 0.425. The highest BCUT2D eigenvalue weighted by molar-refractivity contribution is 5.75. The zero-order valence-electron chi connectivity index (χ0n) is 7.36. The van der Waals surface area contributed by atoms with Crippen LogP contribution in [0.3, 0.4) is 0 Å². The van der Waals surface area contributed by atoms with Gasteiger partial charge in [-0.05, 0) is 11.6 Å². The Bertz CT molecular complexity index is 529. The Kier molecular flexibility index (Phi) is 1.89. The molecule has 2 heteroatoms. The second-order valence-electron chi connectivity index (χ2n) is 2.93. The molecule has 0 bridgehead atoms. The number of hydrogen-bond donors (Lipinski definition) is 0. The van der Waals surface area contributed by atoms with Gasteiger partial charge in [0, 0.05) is 5.56 Å². The molecule has 0 aromatic rings. The van der Waals surface area contributed by atoms with Crippen molar-refractivity contribution in [3.05, 3.63) is 47.5 Å². The van der Waals surface area contributed by atoms with Gasteiger partial charge in [-0.2, -0.15) is 10.5 Å². The van der Waals surface area contributed by atoms with Crippen LogP contribution in [0.5, 0.6) is 0 Å². The lowest BCUT2D eigenvalue weighted by Gasteiger charge is -1.94. The number of hydrogen-bond acceptors (Lipinski definition) is 2. The molecule has 2 aliphatic rings. The van der Waals surface area contributed by atoms with E-state index in [2.05, 4.69) is 6.07 Å². The van der Waals surface area contributed by atoms with E-state index in [9.17, 15) is 0 Å². The fourth-order valence-electron chi connectivity index (χ4n) is 1.50. The molecule has 0 radical (unpaired) electrons. The van der Waals surface area contributed by atoms with Gasteiger partial charge in [0.05, 0.1) is 11.1 Å². The topological polar surface area (TPSA) is 47.6 Å². The molecule has 64 valence electrons. The molecule has 0 amide bonds. The van der Waals surface area contributed by atoms with Crippen LogP contribution in [0.1, 0.15) is 11.1 Å². The van der Waals surface area contributed by atoms with Crippen molar-refractivity contribution in [1.29, 1.82) is 10.5 Å². The van der Waals surface area contributed by atoms with Crippen LogP contribution in [0.15, 0.2) is 36.4 Å². The first kappa shape index (κ1) is 8.29. The van der Waals surface area contributed by atoms with Gasteiger partial charge in [0.15, 0.2) is 0 Å². The van der Waals surface area contributed by atoms with Gasteiger partial charge in [-0.3, -0.25) is 0 Å². The van der Waals surface area contributed by atoms with E-state index in [4.69, 9.17) is 10.5 Å². The van der Waals surface area contributed by atoms with Gasteiger partial charge in [-0.1, -0.05) is 30.3 Å². The summed E-state index contributed by atoms with van der Waals surface area (Å²) in [6.07, 6.45) is 0. The molecule has 0 heterocycles. The van der Waals surface area contributed by atoms with E-state index in [1.54, 1.807) is 12.1 Å². The summed E-state index contributed by atoms with van der Waals surface area (Å²) in [6.45, 7) is 0. The summed E-state index contributed by atoms with van der Waals surface area (Å²) in [6, 6.07) is 15.1. The van der Waals surface area contributed by atoms with Crippen LogP contribution in [-0.2, 0) is 0 Å². The number of rotatable bonds is 0. The summed E-state index contributed by atoms with van der Waals surface area (Å²) in [4.78, 5) is 0. The largest absolute Gasteiger partial charge is 0.192 e. The van der Waals surface area contributed by atoms with Crippen molar-refractivity contribution in [2.75, 3.05) is 0 Å². The standard InChI is InChI=1S/C12H6N2/c13-7-10-5-1-3-9-4-2-6-11(9)12(10)8-14/h1-6H. The first-order valence-electron chi connectivity index (χ1n) is 4.19. The van der Waals surface area contributed by atoms with E-state index < -0.39 is 0 Å². The third kappa shape index (κ3) is 1.11. The second kappa shape index (κ2) is 3.20. The molecule has 0 unspecified atom stereocenters. The Morgan fingerprint density at radius 3 is 2.21 bits per heavy atom. The molecule has 0 aliphatic heterocycles. The quantitative estimate of drug-likeness (QED) is 0.622. The van der Waals surface area contributed by atoms with Gasteiger partial charge >= 0.3 is 0 Å². The van der Waals surface area contributed by atoms with Crippen LogP contribution in [0, 0.1) is 22.7 Å². The summed E-state index contributed by atoms with van der Waals surface area (Å²) in [5.41, 5.74) is 2.71. The van der Waals surface area contributed by atoms with Crippen LogP contribution in [-0.4, -0.2) is 0 Å². The molecule has 0 atom stereocenters. The second-order valence-corrected chi connectivity index (χ2v) is 2.93. The van der Waals surface area contributed by atoms with Gasteiger partial charge in [-0.15, -0.1) is 0 Å². The van der Waals surface area contributed by atoms with Gasteiger partial charge in [-0.25, -0.2) is 0 Å². The third-order valence-electron chi connectivity index (χ3n) is 2.16. The van der Waals surface area contributed by atoms with Crippen LogP contribution in [0.2, 0.25) is 0 Å². The predicted molar refractivity (Wildman–Crippen MR) is 52.5 cm³/mol. The van der Waals surface area contributed by atoms with E-state index in [1.165, 1.54) is 0 Å². The van der Waals surface area contributed by atoms with E-state index in [1.807, 2.05) is 30.3 Å². The maximum atomic E-state index is 8.98. The summed E-state index contributed by atoms with van der Waals surface area (Å²) in [7, 11) is 0. The average molecular weight is 178 g/mol. The van der Waals surface area contributed by atoms with Crippen LogP contribution >= 0.6 is 0 Å². The SMILES string of the molecule is N#Cc1cccc2cccc-2c1C#N. The van der Waals surface area contributed by atoms with Gasteiger partial charge in [0.2, 0.25) is 0 Å². The maximum absolute atomic E-state index is 8.98. The third-order valence-corrected chi connectivity index (χ3v) is 2.16. The Morgan fingerprint density at radius 2 is 1.57 bits per heavy atom. The highest BCUT2D eigenvalue weighted by Crippen LogP contribution is 2.27. The lowest BCUT2D eigenvalue weighted by molar-refractivity contribution is 1.45. The molecule has 0 saturated carbocycles. The first-order valence-corrected chi connectivity index (χ1v) is 4.19. The monoisotopic (exact) mass is 178 g/mol. The van der Waals surface area contributed by atoms with Crippen molar-refractivity contribution in [2.24, 2.45) is 0 Å². The minimum absolute atomic E-state index is 0.425. The molecule has 2 nitrogen and oxygen atoms in total. The molecular formula is C12H6N2. The molecule has 0 aromatic heterocycles. The van der Waals surface area contributed by atoms with Gasteiger partial charge < -0.3 is 0 Å². The highest BCUT2D eigenvalue weighted by Gasteiger charge is 2.09. The fourth-order valence-corrected chi connectivity index (χ4v) is 1.50. The van der Waals surface area contributed by atoms with Crippen molar-refractivity contribution in [1.82, 2.24) is 0 Å². The number of nitrogens with zero attached hydrogens (tertiary/aromatic N) is 2. The highest BCUT2D eigenvalue weighted by atomic mass is 14.3. The molecule has 0 spiro atoms. The fraction of sp³-hybridized carbons (Fsp3) is 0. The van der Waals surface area contributed by atoms with E-state index in [-0.39, 0.29) is 0 Å². The van der Waals surface area contributed by atoms with Crippen LogP contribution in [0.25, 0.3) is 11.1 Å². The molecule has 14 heavy (non-hydrogen) atoms. The lowest BCUT2D eigenvalue weighted by atomic mass is 10.1. The normalized spacial score (nSPS) is 9.29. The van der Waals surface area contributed by atoms with E-state index in [0.29, 0.717) is 11.1 Å². The lowest BCUT2D eigenvalue weighted by Crippen LogP contribution is -1.81. The first-order chi connectivity index (χ1) is 6.86. The Morgan fingerprint density at radius 1 is 0.857 bits per heavy atom. The molecule has 0 saturated heterocycles. The zero-order chi connectivity index (χ0) is 9.97.